The summed E-state index contributed by atoms with van der Waals surface area (Å²) in [4.78, 5) is 12.4. The van der Waals surface area contributed by atoms with E-state index >= 15 is 0 Å². The van der Waals surface area contributed by atoms with Gasteiger partial charge in [0.25, 0.3) is 11.8 Å². The summed E-state index contributed by atoms with van der Waals surface area (Å²) in [5.74, 6) is 0.650. The molecular weight excluding hydrogens is 366 g/mol. The van der Waals surface area contributed by atoms with E-state index < -0.39 is 6.10 Å². The lowest BCUT2D eigenvalue weighted by molar-refractivity contribution is -0.122. The lowest BCUT2D eigenvalue weighted by Gasteiger charge is -2.13. The Labute approximate surface area is 162 Å². The maximum absolute atomic E-state index is 12.4. The highest BCUT2D eigenvalue weighted by Crippen LogP contribution is 2.25. The van der Waals surface area contributed by atoms with E-state index in [1.165, 1.54) is 0 Å². The topological polar surface area (TPSA) is 65.4 Å². The number of carbonyl (C=O) groups is 1. The van der Waals surface area contributed by atoms with E-state index in [0.29, 0.717) is 17.3 Å². The molecule has 0 saturated heterocycles. The predicted octanol–water partition coefficient (Wildman–Crippen LogP) is 4.33. The number of hydrogen-bond acceptors (Lipinski definition) is 4. The van der Waals surface area contributed by atoms with Gasteiger partial charge in [-0.1, -0.05) is 29.8 Å². The minimum atomic E-state index is -0.770. The predicted molar refractivity (Wildman–Crippen MR) is 105 cm³/mol. The number of nitrogens with zero attached hydrogens (tertiary/aromatic N) is 2. The molecule has 6 nitrogen and oxygen atoms in total. The summed E-state index contributed by atoms with van der Waals surface area (Å²) in [7, 11) is 0. The quantitative estimate of drug-likeness (QED) is 0.657. The van der Waals surface area contributed by atoms with Gasteiger partial charge in [-0.3, -0.25) is 4.79 Å². The molecule has 0 fully saturated rings. The fourth-order valence-corrected chi connectivity index (χ4v) is 2.57. The van der Waals surface area contributed by atoms with Crippen molar-refractivity contribution in [1.82, 2.24) is 9.78 Å². The molecule has 1 amide bonds. The van der Waals surface area contributed by atoms with Crippen molar-refractivity contribution in [2.24, 2.45) is 0 Å². The van der Waals surface area contributed by atoms with Crippen molar-refractivity contribution in [3.63, 3.8) is 0 Å². The van der Waals surface area contributed by atoms with Crippen LogP contribution in [-0.2, 0) is 4.79 Å². The van der Waals surface area contributed by atoms with Gasteiger partial charge in [0.15, 0.2) is 6.10 Å². The summed E-state index contributed by atoms with van der Waals surface area (Å²) in [5.41, 5.74) is 1.50. The zero-order valence-corrected chi connectivity index (χ0v) is 15.8. The maximum atomic E-state index is 12.4. The van der Waals surface area contributed by atoms with Crippen LogP contribution in [0.2, 0.25) is 5.02 Å². The fraction of sp³-hybridized carbons (Fsp3) is 0.200. The molecule has 0 aliphatic rings. The van der Waals surface area contributed by atoms with Crippen molar-refractivity contribution in [3.8, 4) is 17.3 Å². The molecule has 3 aromatic rings. The zero-order chi connectivity index (χ0) is 19.2. The van der Waals surface area contributed by atoms with E-state index in [4.69, 9.17) is 21.1 Å². The second-order valence-corrected chi connectivity index (χ2v) is 6.18. The van der Waals surface area contributed by atoms with Crippen LogP contribution >= 0.6 is 11.6 Å². The summed E-state index contributed by atoms with van der Waals surface area (Å²) >= 11 is 6.20. The van der Waals surface area contributed by atoms with Crippen LogP contribution in [0, 0.1) is 0 Å². The average molecular weight is 386 g/mol. The van der Waals surface area contributed by atoms with E-state index in [2.05, 4.69) is 10.4 Å². The summed E-state index contributed by atoms with van der Waals surface area (Å²) in [6.45, 7) is 4.15. The van der Waals surface area contributed by atoms with Crippen LogP contribution in [0.15, 0.2) is 60.8 Å². The lowest BCUT2D eigenvalue weighted by atomic mass is 10.3. The molecule has 3 rings (SSSR count). The molecule has 2 aromatic carbocycles. The van der Waals surface area contributed by atoms with Crippen LogP contribution in [0.5, 0.6) is 11.6 Å². The van der Waals surface area contributed by atoms with E-state index in [0.717, 1.165) is 11.4 Å². The number of aromatic nitrogens is 2. The first-order chi connectivity index (χ1) is 13.1. The summed E-state index contributed by atoms with van der Waals surface area (Å²) in [6.07, 6.45) is 0.872. The second-order valence-electron chi connectivity index (χ2n) is 5.77. The fourth-order valence-electron chi connectivity index (χ4n) is 2.40. The Morgan fingerprint density at radius 1 is 1.19 bits per heavy atom. The number of hydrogen-bond donors (Lipinski definition) is 1. The van der Waals surface area contributed by atoms with Gasteiger partial charge in [-0.2, -0.15) is 0 Å². The number of rotatable bonds is 7. The number of amides is 1. The Kier molecular flexibility index (Phi) is 5.98. The number of para-hydroxylation sites is 1. The average Bonchev–Trinajstić information content (AvgIpc) is 3.04. The van der Waals surface area contributed by atoms with Gasteiger partial charge in [0, 0.05) is 5.69 Å². The van der Waals surface area contributed by atoms with E-state index in [9.17, 15) is 4.79 Å². The third kappa shape index (κ3) is 4.80. The highest BCUT2D eigenvalue weighted by Gasteiger charge is 2.19. The summed E-state index contributed by atoms with van der Waals surface area (Å²) in [6, 6.07) is 16.6. The molecule has 1 heterocycles. The van der Waals surface area contributed by atoms with Crippen molar-refractivity contribution < 1.29 is 14.3 Å². The molecule has 27 heavy (non-hydrogen) atoms. The molecule has 0 aliphatic heterocycles. The standard InChI is InChI=1S/C20H20ClN3O3/c1-3-26-17-11-9-15(10-12-17)22-19(25)14(2)27-20-18(21)13-24(23-20)16-7-5-4-6-8-16/h4-14H,3H2,1-2H3,(H,22,25)/t14-/m1/s1. The first-order valence-corrected chi connectivity index (χ1v) is 8.95. The third-order valence-corrected chi connectivity index (χ3v) is 4.01. The van der Waals surface area contributed by atoms with Crippen LogP contribution in [0.1, 0.15) is 13.8 Å². The molecule has 0 bridgehead atoms. The zero-order valence-electron chi connectivity index (χ0n) is 15.1. The van der Waals surface area contributed by atoms with Crippen LogP contribution in [0.25, 0.3) is 5.69 Å². The Balaban J connectivity index is 1.63. The Hall–Kier alpha value is -2.99. The Bertz CT molecular complexity index is 895. The Morgan fingerprint density at radius 3 is 2.56 bits per heavy atom. The van der Waals surface area contributed by atoms with E-state index in [1.807, 2.05) is 37.3 Å². The normalized spacial score (nSPS) is 11.7. The molecule has 0 saturated carbocycles. The van der Waals surface area contributed by atoms with Crippen LogP contribution in [0.3, 0.4) is 0 Å². The molecule has 1 atom stereocenters. The van der Waals surface area contributed by atoms with Crippen LogP contribution in [-0.4, -0.2) is 28.4 Å². The van der Waals surface area contributed by atoms with Gasteiger partial charge in [-0.25, -0.2) is 4.68 Å². The SMILES string of the molecule is CCOc1ccc(NC(=O)[C@@H](C)Oc2nn(-c3ccccc3)cc2Cl)cc1. The summed E-state index contributed by atoms with van der Waals surface area (Å²) in [5, 5.41) is 7.43. The van der Waals surface area contributed by atoms with E-state index in [1.54, 1.807) is 42.1 Å². The van der Waals surface area contributed by atoms with Crippen LogP contribution in [0.4, 0.5) is 5.69 Å². The molecule has 0 spiro atoms. The first-order valence-electron chi connectivity index (χ1n) is 8.58. The minimum Gasteiger partial charge on any atom is -0.494 e. The van der Waals surface area contributed by atoms with Gasteiger partial charge in [0.1, 0.15) is 10.8 Å². The number of carbonyl (C=O) groups excluding carboxylic acids is 1. The number of ether oxygens (including phenoxy) is 2. The van der Waals surface area contributed by atoms with Gasteiger partial charge in [-0.15, -0.1) is 5.10 Å². The largest absolute Gasteiger partial charge is 0.494 e. The van der Waals surface area contributed by atoms with E-state index in [-0.39, 0.29) is 11.8 Å². The molecule has 0 aliphatic carbocycles. The van der Waals surface area contributed by atoms with Crippen molar-refractivity contribution in [2.45, 2.75) is 20.0 Å². The lowest BCUT2D eigenvalue weighted by Crippen LogP contribution is -2.30. The minimum absolute atomic E-state index is 0.204. The van der Waals surface area contributed by atoms with Gasteiger partial charge in [0.05, 0.1) is 18.5 Å². The van der Waals surface area contributed by atoms with Crippen molar-refractivity contribution >= 4 is 23.2 Å². The van der Waals surface area contributed by atoms with Gasteiger partial charge >= 0.3 is 0 Å². The van der Waals surface area contributed by atoms with Crippen molar-refractivity contribution in [1.29, 1.82) is 0 Å². The second kappa shape index (κ2) is 8.60. The molecular formula is C20H20ClN3O3. The molecule has 1 N–H and O–H groups in total. The first kappa shape index (κ1) is 18.8. The summed E-state index contributed by atoms with van der Waals surface area (Å²) < 4.78 is 12.6. The smallest absolute Gasteiger partial charge is 0.265 e. The maximum Gasteiger partial charge on any atom is 0.265 e. The van der Waals surface area contributed by atoms with Crippen molar-refractivity contribution in [3.05, 3.63) is 65.8 Å². The number of anilines is 1. The van der Waals surface area contributed by atoms with Crippen LogP contribution < -0.4 is 14.8 Å². The van der Waals surface area contributed by atoms with Gasteiger partial charge in [-0.05, 0) is 50.2 Å². The number of benzene rings is 2. The monoisotopic (exact) mass is 385 g/mol. The highest BCUT2D eigenvalue weighted by molar-refractivity contribution is 6.31. The third-order valence-electron chi connectivity index (χ3n) is 3.75. The van der Waals surface area contributed by atoms with Crippen molar-refractivity contribution in [2.75, 3.05) is 11.9 Å². The number of halogens is 1. The highest BCUT2D eigenvalue weighted by atomic mass is 35.5. The Morgan fingerprint density at radius 2 is 1.89 bits per heavy atom. The van der Waals surface area contributed by atoms with Gasteiger partial charge in [0.2, 0.25) is 0 Å². The molecule has 0 radical (unpaired) electrons. The molecule has 1 aromatic heterocycles. The molecule has 140 valence electrons. The molecule has 0 unspecified atom stereocenters. The molecule has 7 heteroatoms. The number of nitrogens with one attached hydrogen (secondary N) is 1. The van der Waals surface area contributed by atoms with Gasteiger partial charge < -0.3 is 14.8 Å².